The molecule has 1 aliphatic heterocycles. The molecule has 2 aromatic rings. The molecule has 1 radical (unpaired) electrons. The van der Waals surface area contributed by atoms with Gasteiger partial charge in [-0.2, -0.15) is 18.8 Å². The summed E-state index contributed by atoms with van der Waals surface area (Å²) in [5, 5.41) is 0. The maximum atomic E-state index is 3.75. The van der Waals surface area contributed by atoms with Crippen LogP contribution in [0.15, 0.2) is 24.3 Å². The zero-order chi connectivity index (χ0) is 22.1. The molecule has 0 N–H and O–H groups in total. The Bertz CT molecular complexity index is 1160. The number of nitrogens with zero attached hydrogens (tertiary/aromatic N) is 2. The van der Waals surface area contributed by atoms with Gasteiger partial charge in [0.25, 0.3) is 0 Å². The Morgan fingerprint density at radius 1 is 0.794 bits per heavy atom. The zero-order valence-corrected chi connectivity index (χ0v) is 23.2. The van der Waals surface area contributed by atoms with Crippen molar-refractivity contribution in [1.29, 1.82) is 0 Å². The molecule has 1 heterocycles. The van der Waals surface area contributed by atoms with E-state index in [-0.39, 0.29) is 20.1 Å². The van der Waals surface area contributed by atoms with Crippen molar-refractivity contribution in [3.8, 4) is 0 Å². The first-order chi connectivity index (χ1) is 15.9. The third kappa shape index (κ3) is 2.83. The van der Waals surface area contributed by atoms with Crippen LogP contribution < -0.4 is 9.80 Å². The standard InChI is InChI=1S/C31H36N2.Ir/c1-30-6-8-31(2,9-7-30)27-15-23(4-5-26(27)30)33-18-32(3)28-16-24-21-11-19-10-20(12-21)14-22(13-19)25(24)17-29(28)33;/h5,15-22H,6-14H2,1-3H3;/q-2;. The van der Waals surface area contributed by atoms with Gasteiger partial charge in [-0.3, -0.25) is 0 Å². The van der Waals surface area contributed by atoms with Crippen molar-refractivity contribution in [3.63, 3.8) is 0 Å². The summed E-state index contributed by atoms with van der Waals surface area (Å²) in [6, 6.07) is 13.8. The summed E-state index contributed by atoms with van der Waals surface area (Å²) in [7, 11) is 2.23. The van der Waals surface area contributed by atoms with Gasteiger partial charge in [0.05, 0.1) is 0 Å². The molecule has 7 aliphatic carbocycles. The Balaban J connectivity index is 0.00000200. The van der Waals surface area contributed by atoms with Gasteiger partial charge in [-0.15, -0.1) is 22.9 Å². The number of benzene rings is 2. The maximum Gasteiger partial charge on any atom is 0.0329 e. The molecular formula is C31H36IrN2-2. The van der Waals surface area contributed by atoms with Crippen molar-refractivity contribution in [2.45, 2.75) is 94.3 Å². The minimum Gasteiger partial charge on any atom is -0.504 e. The summed E-state index contributed by atoms with van der Waals surface area (Å²) in [6.07, 6.45) is 12.6. The van der Waals surface area contributed by atoms with Crippen LogP contribution >= 0.6 is 0 Å². The summed E-state index contributed by atoms with van der Waals surface area (Å²) in [5.41, 5.74) is 11.3. The molecule has 2 atom stereocenters. The Kier molecular flexibility index (Phi) is 4.60. The molecule has 0 saturated heterocycles. The van der Waals surface area contributed by atoms with Crippen LogP contribution in [0, 0.1) is 24.6 Å². The molecule has 6 bridgehead atoms. The van der Waals surface area contributed by atoms with Crippen LogP contribution in [-0.2, 0) is 30.9 Å². The van der Waals surface area contributed by atoms with Gasteiger partial charge in [0.2, 0.25) is 0 Å². The predicted octanol–water partition coefficient (Wildman–Crippen LogP) is 7.69. The minimum absolute atomic E-state index is 0. The first kappa shape index (κ1) is 21.9. The smallest absolute Gasteiger partial charge is 0.0329 e. The van der Waals surface area contributed by atoms with Crippen molar-refractivity contribution in [1.82, 2.24) is 0 Å². The van der Waals surface area contributed by atoms with Crippen molar-refractivity contribution >= 4 is 17.1 Å². The van der Waals surface area contributed by atoms with E-state index < -0.39 is 0 Å². The fourth-order valence-electron chi connectivity index (χ4n) is 9.15. The molecule has 3 fully saturated rings. The van der Waals surface area contributed by atoms with Crippen molar-refractivity contribution in [2.24, 2.45) is 11.8 Å². The molecule has 0 spiro atoms. The van der Waals surface area contributed by atoms with Crippen LogP contribution in [-0.4, -0.2) is 7.05 Å². The van der Waals surface area contributed by atoms with Crippen molar-refractivity contribution in [3.05, 3.63) is 59.3 Å². The Morgan fingerprint density at radius 2 is 1.35 bits per heavy atom. The first-order valence-corrected chi connectivity index (χ1v) is 13.5. The average Bonchev–Trinajstić information content (AvgIpc) is 3.05. The van der Waals surface area contributed by atoms with Gasteiger partial charge in [0.1, 0.15) is 0 Å². The number of fused-ring (bicyclic) bond motifs is 3. The fourth-order valence-corrected chi connectivity index (χ4v) is 9.15. The molecule has 10 rings (SSSR count). The average molecular weight is 629 g/mol. The van der Waals surface area contributed by atoms with E-state index in [0.29, 0.717) is 10.8 Å². The van der Waals surface area contributed by atoms with Crippen molar-refractivity contribution in [2.75, 3.05) is 16.8 Å². The van der Waals surface area contributed by atoms with E-state index in [1.807, 2.05) is 0 Å². The van der Waals surface area contributed by atoms with Gasteiger partial charge in [-0.05, 0) is 104 Å². The third-order valence-electron chi connectivity index (χ3n) is 11.1. The molecule has 34 heavy (non-hydrogen) atoms. The van der Waals surface area contributed by atoms with Gasteiger partial charge in [0, 0.05) is 31.5 Å². The second-order valence-electron chi connectivity index (χ2n) is 13.1. The van der Waals surface area contributed by atoms with E-state index in [4.69, 9.17) is 0 Å². The molecule has 181 valence electrons. The fraction of sp³-hybridized carbons (Fsp3) is 0.581. The summed E-state index contributed by atoms with van der Waals surface area (Å²) < 4.78 is 0. The van der Waals surface area contributed by atoms with E-state index in [9.17, 15) is 0 Å². The number of hydrogen-bond acceptors (Lipinski definition) is 2. The largest absolute Gasteiger partial charge is 0.504 e. The second kappa shape index (κ2) is 7.13. The molecule has 2 unspecified atom stereocenters. The normalized spacial score (nSPS) is 38.3. The quantitative estimate of drug-likeness (QED) is 0.299. The van der Waals surface area contributed by atoms with Crippen molar-refractivity contribution < 1.29 is 20.1 Å². The molecule has 0 amide bonds. The molecule has 3 heteroatoms. The zero-order valence-electron chi connectivity index (χ0n) is 20.8. The third-order valence-corrected chi connectivity index (χ3v) is 11.1. The number of anilines is 3. The van der Waals surface area contributed by atoms with Crippen LogP contribution in [0.5, 0.6) is 0 Å². The summed E-state index contributed by atoms with van der Waals surface area (Å²) in [5.74, 6) is 3.54. The van der Waals surface area contributed by atoms with Gasteiger partial charge in [0.15, 0.2) is 0 Å². The molecule has 3 saturated carbocycles. The molecule has 2 aromatic carbocycles. The van der Waals surface area contributed by atoms with Crippen LogP contribution in [0.1, 0.15) is 106 Å². The van der Waals surface area contributed by atoms with Crippen LogP contribution in [0.3, 0.4) is 0 Å². The Hall–Kier alpha value is -1.31. The molecule has 8 aliphatic rings. The molecule has 2 nitrogen and oxygen atoms in total. The summed E-state index contributed by atoms with van der Waals surface area (Å²) >= 11 is 0. The number of rotatable bonds is 1. The monoisotopic (exact) mass is 629 g/mol. The van der Waals surface area contributed by atoms with Gasteiger partial charge < -0.3 is 9.80 Å². The van der Waals surface area contributed by atoms with E-state index in [1.165, 1.54) is 74.8 Å². The van der Waals surface area contributed by atoms with E-state index in [1.54, 1.807) is 22.3 Å². The van der Waals surface area contributed by atoms with Crippen LogP contribution in [0.25, 0.3) is 0 Å². The van der Waals surface area contributed by atoms with Crippen LogP contribution in [0.4, 0.5) is 17.1 Å². The predicted molar refractivity (Wildman–Crippen MR) is 135 cm³/mol. The van der Waals surface area contributed by atoms with Gasteiger partial charge in [-0.1, -0.05) is 32.1 Å². The molecule has 0 aromatic heterocycles. The van der Waals surface area contributed by atoms with Gasteiger partial charge >= 0.3 is 0 Å². The SMILES string of the molecule is CN1[CH-]N(c2[c-]cc3c(c2)C2(C)CCC3(C)CC2)c2cc3c(cc21)C1CC2CC(C1)CC3C2.[Ir]. The van der Waals surface area contributed by atoms with E-state index in [0.717, 1.165) is 23.7 Å². The Morgan fingerprint density at radius 3 is 1.97 bits per heavy atom. The van der Waals surface area contributed by atoms with E-state index >= 15 is 0 Å². The minimum atomic E-state index is 0. The van der Waals surface area contributed by atoms with Crippen LogP contribution in [0.2, 0.25) is 0 Å². The summed E-state index contributed by atoms with van der Waals surface area (Å²) in [4.78, 5) is 4.80. The second-order valence-corrected chi connectivity index (χ2v) is 13.1. The molecular weight excluding hydrogens is 593 g/mol. The van der Waals surface area contributed by atoms with Gasteiger partial charge in [-0.25, -0.2) is 0 Å². The Labute approximate surface area is 218 Å². The maximum absolute atomic E-state index is 3.75. The van der Waals surface area contributed by atoms with E-state index in [2.05, 4.69) is 67.7 Å². The number of hydrogen-bond donors (Lipinski definition) is 0. The summed E-state index contributed by atoms with van der Waals surface area (Å²) in [6.45, 7) is 7.30. The first-order valence-electron chi connectivity index (χ1n) is 13.5. The topological polar surface area (TPSA) is 6.48 Å².